The number of aliphatic carboxylic acids is 1. The van der Waals surface area contributed by atoms with E-state index in [1.165, 1.54) is 12.1 Å². The lowest BCUT2D eigenvalue weighted by Crippen LogP contribution is -2.41. The zero-order chi connectivity index (χ0) is 16.4. The van der Waals surface area contributed by atoms with Gasteiger partial charge in [-0.05, 0) is 25.5 Å². The van der Waals surface area contributed by atoms with Crippen LogP contribution in [0, 0.1) is 0 Å². The second-order valence-electron chi connectivity index (χ2n) is 4.40. The van der Waals surface area contributed by atoms with Gasteiger partial charge in [0.05, 0.1) is 10.0 Å². The van der Waals surface area contributed by atoms with Crippen molar-refractivity contribution in [3.8, 4) is 0 Å². The molecule has 118 valence electrons. The smallest absolute Gasteiger partial charge is 0.318 e. The fourth-order valence-corrected chi connectivity index (χ4v) is 4.86. The summed E-state index contributed by atoms with van der Waals surface area (Å²) >= 11 is 17.6. The molecule has 1 unspecified atom stereocenters. The molecule has 0 bridgehead atoms. The summed E-state index contributed by atoms with van der Waals surface area (Å²) in [5.41, 5.74) is 0. The van der Waals surface area contributed by atoms with Gasteiger partial charge in [0.15, 0.2) is 0 Å². The van der Waals surface area contributed by atoms with Gasteiger partial charge < -0.3 is 5.11 Å². The van der Waals surface area contributed by atoms with E-state index in [4.69, 9.17) is 39.9 Å². The van der Waals surface area contributed by atoms with Gasteiger partial charge in [0, 0.05) is 11.1 Å². The number of carboxylic acid groups (broad SMARTS) is 1. The van der Waals surface area contributed by atoms with E-state index in [1.54, 1.807) is 13.8 Å². The maximum atomic E-state index is 12.7. The third-order valence-corrected chi connectivity index (χ3v) is 6.00. The molecule has 0 aliphatic rings. The van der Waals surface area contributed by atoms with Crippen LogP contribution in [0.25, 0.3) is 0 Å². The van der Waals surface area contributed by atoms with E-state index in [2.05, 4.69) is 0 Å². The third-order valence-electron chi connectivity index (χ3n) is 2.90. The van der Waals surface area contributed by atoms with Crippen LogP contribution in [-0.2, 0) is 14.8 Å². The van der Waals surface area contributed by atoms with Gasteiger partial charge in [-0.2, -0.15) is 4.31 Å². The summed E-state index contributed by atoms with van der Waals surface area (Å²) in [5.74, 6) is -1.26. The largest absolute Gasteiger partial charge is 0.480 e. The Hall–Kier alpha value is -0.530. The molecule has 1 N–H and O–H groups in total. The summed E-state index contributed by atoms with van der Waals surface area (Å²) < 4.78 is 26.2. The molecule has 0 spiro atoms. The molecule has 1 aromatic carbocycles. The van der Waals surface area contributed by atoms with Crippen LogP contribution >= 0.6 is 34.8 Å². The lowest BCUT2D eigenvalue weighted by atomic mass is 10.2. The molecule has 0 saturated carbocycles. The molecule has 0 saturated heterocycles. The highest BCUT2D eigenvalue weighted by molar-refractivity contribution is 7.89. The lowest BCUT2D eigenvalue weighted by molar-refractivity contribution is -0.137. The summed E-state index contributed by atoms with van der Waals surface area (Å²) in [6.45, 7) is 2.69. The van der Waals surface area contributed by atoms with Gasteiger partial charge in [0.1, 0.15) is 11.4 Å². The molecule has 0 radical (unpaired) electrons. The van der Waals surface area contributed by atoms with Gasteiger partial charge in [0.2, 0.25) is 10.0 Å². The van der Waals surface area contributed by atoms with Gasteiger partial charge in [-0.15, -0.1) is 0 Å². The van der Waals surface area contributed by atoms with Crippen LogP contribution in [0.5, 0.6) is 0 Å². The van der Waals surface area contributed by atoms with Crippen molar-refractivity contribution in [2.45, 2.75) is 31.2 Å². The average molecular weight is 375 g/mol. The molecule has 0 aliphatic heterocycles. The lowest BCUT2D eigenvalue weighted by Gasteiger charge is -2.26. The van der Waals surface area contributed by atoms with E-state index >= 15 is 0 Å². The van der Waals surface area contributed by atoms with Crippen molar-refractivity contribution in [3.05, 3.63) is 27.2 Å². The minimum Gasteiger partial charge on any atom is -0.480 e. The van der Waals surface area contributed by atoms with Crippen molar-refractivity contribution in [1.29, 1.82) is 0 Å². The van der Waals surface area contributed by atoms with Gasteiger partial charge in [0.25, 0.3) is 0 Å². The summed E-state index contributed by atoms with van der Waals surface area (Å²) in [5, 5.41) is 8.83. The first kappa shape index (κ1) is 18.5. The molecule has 9 heteroatoms. The highest BCUT2D eigenvalue weighted by Gasteiger charge is 2.33. The Balaban J connectivity index is 3.46. The van der Waals surface area contributed by atoms with Gasteiger partial charge >= 0.3 is 5.97 Å². The summed E-state index contributed by atoms with van der Waals surface area (Å²) in [6, 6.07) is 1.98. The van der Waals surface area contributed by atoms with E-state index in [0.29, 0.717) is 6.42 Å². The minimum absolute atomic E-state index is 0.147. The van der Waals surface area contributed by atoms with E-state index in [9.17, 15) is 13.2 Å². The first-order valence-corrected chi connectivity index (χ1v) is 8.56. The number of benzene rings is 1. The van der Waals surface area contributed by atoms with Crippen LogP contribution < -0.4 is 0 Å². The predicted octanol–water partition coefficient (Wildman–Crippen LogP) is 3.52. The molecule has 21 heavy (non-hydrogen) atoms. The van der Waals surface area contributed by atoms with E-state index in [-0.39, 0.29) is 20.0 Å². The number of nitrogens with zero attached hydrogens (tertiary/aromatic N) is 1. The van der Waals surface area contributed by atoms with Crippen molar-refractivity contribution >= 4 is 50.8 Å². The zero-order valence-corrected chi connectivity index (χ0v) is 14.4. The molecule has 0 fully saturated rings. The zero-order valence-electron chi connectivity index (χ0n) is 11.3. The van der Waals surface area contributed by atoms with Gasteiger partial charge in [-0.1, -0.05) is 41.7 Å². The SMILES string of the molecule is CCC(C)N(CC(=O)O)S(=O)(=O)c1c(Cl)cc(Cl)cc1Cl. The van der Waals surface area contributed by atoms with E-state index in [0.717, 1.165) is 4.31 Å². The topological polar surface area (TPSA) is 74.7 Å². The first-order valence-electron chi connectivity index (χ1n) is 5.99. The number of carbonyl (C=O) groups is 1. The highest BCUT2D eigenvalue weighted by atomic mass is 35.5. The molecule has 0 aliphatic carbocycles. The number of carboxylic acids is 1. The molecular formula is C12H14Cl3NO4S. The highest BCUT2D eigenvalue weighted by Crippen LogP contribution is 2.35. The Morgan fingerprint density at radius 1 is 1.29 bits per heavy atom. The fraction of sp³-hybridized carbons (Fsp3) is 0.417. The van der Waals surface area contributed by atoms with E-state index < -0.39 is 28.6 Å². The number of hydrogen-bond acceptors (Lipinski definition) is 3. The standard InChI is InChI=1S/C12H14Cl3NO4S/c1-3-7(2)16(6-11(17)18)21(19,20)12-9(14)4-8(13)5-10(12)15/h4-5,7H,3,6H2,1-2H3,(H,17,18). The van der Waals surface area contributed by atoms with Crippen LogP contribution in [0.15, 0.2) is 17.0 Å². The molecular weight excluding hydrogens is 361 g/mol. The minimum atomic E-state index is -4.16. The molecule has 5 nitrogen and oxygen atoms in total. The predicted molar refractivity (Wildman–Crippen MR) is 82.8 cm³/mol. The maximum Gasteiger partial charge on any atom is 0.318 e. The quantitative estimate of drug-likeness (QED) is 0.826. The number of hydrogen-bond donors (Lipinski definition) is 1. The average Bonchev–Trinajstić information content (AvgIpc) is 2.32. The van der Waals surface area contributed by atoms with E-state index in [1.807, 2.05) is 0 Å². The Labute approximate surface area is 138 Å². The van der Waals surface area contributed by atoms with Crippen molar-refractivity contribution in [2.75, 3.05) is 6.54 Å². The summed E-state index contributed by atoms with van der Waals surface area (Å²) in [6.07, 6.45) is 0.440. The Morgan fingerprint density at radius 2 is 1.76 bits per heavy atom. The third kappa shape index (κ3) is 4.23. The molecule has 0 amide bonds. The molecule has 1 aromatic rings. The number of sulfonamides is 1. The molecule has 1 atom stereocenters. The Kier molecular flexibility index (Phi) is 6.31. The second kappa shape index (κ2) is 7.15. The summed E-state index contributed by atoms with van der Waals surface area (Å²) in [4.78, 5) is 10.6. The van der Waals surface area contributed by atoms with Crippen LogP contribution in [0.2, 0.25) is 15.1 Å². The van der Waals surface area contributed by atoms with Crippen LogP contribution in [0.1, 0.15) is 20.3 Å². The number of rotatable bonds is 6. The monoisotopic (exact) mass is 373 g/mol. The van der Waals surface area contributed by atoms with Gasteiger partial charge in [-0.25, -0.2) is 8.42 Å². The van der Waals surface area contributed by atoms with Crippen LogP contribution in [0.4, 0.5) is 0 Å². The van der Waals surface area contributed by atoms with Crippen LogP contribution in [0.3, 0.4) is 0 Å². The van der Waals surface area contributed by atoms with Crippen molar-refractivity contribution in [1.82, 2.24) is 4.31 Å². The Morgan fingerprint density at radius 3 is 2.14 bits per heavy atom. The normalized spacial score (nSPS) is 13.4. The Bertz CT molecular complexity index is 625. The maximum absolute atomic E-state index is 12.7. The van der Waals surface area contributed by atoms with Crippen molar-refractivity contribution in [3.63, 3.8) is 0 Å². The summed E-state index contributed by atoms with van der Waals surface area (Å²) in [7, 11) is -4.16. The number of halogens is 3. The van der Waals surface area contributed by atoms with Crippen molar-refractivity contribution in [2.24, 2.45) is 0 Å². The van der Waals surface area contributed by atoms with Gasteiger partial charge in [-0.3, -0.25) is 4.79 Å². The fourth-order valence-electron chi connectivity index (χ4n) is 1.71. The second-order valence-corrected chi connectivity index (χ2v) is 7.48. The molecule has 0 aromatic heterocycles. The molecule has 1 rings (SSSR count). The first-order chi connectivity index (χ1) is 9.61. The molecule has 0 heterocycles. The van der Waals surface area contributed by atoms with Crippen molar-refractivity contribution < 1.29 is 18.3 Å². The van der Waals surface area contributed by atoms with Crippen LogP contribution in [-0.4, -0.2) is 36.4 Å².